The fourth-order valence-electron chi connectivity index (χ4n) is 3.44. The summed E-state index contributed by atoms with van der Waals surface area (Å²) in [7, 11) is 1.38. The van der Waals surface area contributed by atoms with Crippen molar-refractivity contribution in [2.75, 3.05) is 12.0 Å². The fourth-order valence-corrected chi connectivity index (χ4v) is 3.63. The normalized spacial score (nSPS) is 17.9. The third-order valence-electron chi connectivity index (χ3n) is 4.85. The molecule has 0 spiro atoms. The molecular formula is C22H14ClF2NO5. The van der Waals surface area contributed by atoms with E-state index in [-0.39, 0.29) is 33.4 Å². The second kappa shape index (κ2) is 7.88. The Morgan fingerprint density at radius 1 is 1.16 bits per heavy atom. The lowest BCUT2D eigenvalue weighted by Gasteiger charge is -2.23. The molecule has 2 heterocycles. The first-order valence-electron chi connectivity index (χ1n) is 8.97. The average molecular weight is 446 g/mol. The number of ether oxygens (including phenoxy) is 1. The van der Waals surface area contributed by atoms with Crippen LogP contribution in [-0.4, -0.2) is 23.9 Å². The molecule has 6 nitrogen and oxygen atoms in total. The van der Waals surface area contributed by atoms with Crippen LogP contribution in [0, 0.1) is 11.6 Å². The van der Waals surface area contributed by atoms with Gasteiger partial charge in [0.2, 0.25) is 0 Å². The van der Waals surface area contributed by atoms with E-state index < -0.39 is 35.1 Å². The standard InChI is InChI=1S/C22H14ClF2NO5/c1-30-17-9-11(4-6-13(17)23)20(27)18-19(16-3-2-8-31-16)26(22(29)21(18)28)15-7-5-12(24)10-14(15)25/h2-10,19,27H,1H3/b20-18-. The summed E-state index contributed by atoms with van der Waals surface area (Å²) in [5.41, 5.74) is -0.513. The molecule has 0 saturated carbocycles. The molecule has 0 bridgehead atoms. The third kappa shape index (κ3) is 3.44. The second-order valence-electron chi connectivity index (χ2n) is 6.63. The van der Waals surface area contributed by atoms with Crippen LogP contribution in [0.25, 0.3) is 5.76 Å². The van der Waals surface area contributed by atoms with Gasteiger partial charge in [-0.1, -0.05) is 11.6 Å². The number of halogens is 3. The van der Waals surface area contributed by atoms with Crippen molar-refractivity contribution in [3.05, 3.63) is 88.3 Å². The number of aliphatic hydroxyl groups excluding tert-OH is 1. The van der Waals surface area contributed by atoms with Gasteiger partial charge in [-0.25, -0.2) is 8.78 Å². The number of furan rings is 1. The highest BCUT2D eigenvalue weighted by Gasteiger charge is 2.49. The Bertz CT molecular complexity index is 1220. The monoisotopic (exact) mass is 445 g/mol. The van der Waals surface area contributed by atoms with E-state index in [2.05, 4.69) is 0 Å². The van der Waals surface area contributed by atoms with E-state index in [1.165, 1.54) is 43.7 Å². The van der Waals surface area contributed by atoms with Gasteiger partial charge in [0.15, 0.2) is 0 Å². The predicted octanol–water partition coefficient (Wildman–Crippen LogP) is 4.85. The number of hydrogen-bond acceptors (Lipinski definition) is 5. The van der Waals surface area contributed by atoms with E-state index in [1.54, 1.807) is 0 Å². The van der Waals surface area contributed by atoms with Crippen LogP contribution in [0.4, 0.5) is 14.5 Å². The van der Waals surface area contributed by atoms with Crippen LogP contribution in [-0.2, 0) is 9.59 Å². The van der Waals surface area contributed by atoms with Gasteiger partial charge in [-0.05, 0) is 42.5 Å². The number of hydrogen-bond donors (Lipinski definition) is 1. The molecule has 1 N–H and O–H groups in total. The van der Waals surface area contributed by atoms with Gasteiger partial charge in [0.05, 0.1) is 29.7 Å². The minimum Gasteiger partial charge on any atom is -0.507 e. The van der Waals surface area contributed by atoms with Crippen LogP contribution in [0.3, 0.4) is 0 Å². The number of benzene rings is 2. The van der Waals surface area contributed by atoms with Gasteiger partial charge in [0, 0.05) is 11.6 Å². The molecule has 2 aromatic carbocycles. The van der Waals surface area contributed by atoms with Crippen molar-refractivity contribution in [2.45, 2.75) is 6.04 Å². The van der Waals surface area contributed by atoms with Crippen molar-refractivity contribution in [2.24, 2.45) is 0 Å². The van der Waals surface area contributed by atoms with Gasteiger partial charge >= 0.3 is 0 Å². The Kier molecular flexibility index (Phi) is 5.24. The summed E-state index contributed by atoms with van der Waals surface area (Å²) in [5, 5.41) is 11.2. The molecule has 4 rings (SSSR count). The number of aliphatic hydroxyl groups is 1. The third-order valence-corrected chi connectivity index (χ3v) is 5.16. The Morgan fingerprint density at radius 3 is 2.58 bits per heavy atom. The number of anilines is 1. The Hall–Kier alpha value is -3.65. The van der Waals surface area contributed by atoms with Gasteiger partial charge in [-0.3, -0.25) is 14.5 Å². The average Bonchev–Trinajstić information content (AvgIpc) is 3.36. The van der Waals surface area contributed by atoms with Crippen LogP contribution >= 0.6 is 11.6 Å². The molecule has 1 aromatic heterocycles. The maximum absolute atomic E-state index is 14.5. The van der Waals surface area contributed by atoms with Crippen LogP contribution in [0.15, 0.2) is 64.8 Å². The molecule has 1 saturated heterocycles. The number of nitrogens with zero attached hydrogens (tertiary/aromatic N) is 1. The lowest BCUT2D eigenvalue weighted by atomic mass is 9.99. The molecule has 1 aliphatic heterocycles. The van der Waals surface area contributed by atoms with Crippen LogP contribution in [0.2, 0.25) is 5.02 Å². The minimum absolute atomic E-state index is 0.102. The SMILES string of the molecule is COc1cc(/C(O)=C2/C(=O)C(=O)N(c3ccc(F)cc3F)C2c2ccco2)ccc1Cl. The number of Topliss-reactive ketones (excluding diaryl/α,β-unsaturated/α-hetero) is 1. The van der Waals surface area contributed by atoms with Gasteiger partial charge < -0.3 is 14.3 Å². The van der Waals surface area contributed by atoms with Gasteiger partial charge in [-0.15, -0.1) is 0 Å². The molecule has 158 valence electrons. The molecule has 1 amide bonds. The molecule has 0 aliphatic carbocycles. The van der Waals surface area contributed by atoms with Crippen LogP contribution < -0.4 is 9.64 Å². The van der Waals surface area contributed by atoms with E-state index in [1.807, 2.05) is 0 Å². The minimum atomic E-state index is -1.28. The first kappa shape index (κ1) is 20.6. The number of carbonyl (C=O) groups excluding carboxylic acids is 2. The smallest absolute Gasteiger partial charge is 0.300 e. The fraction of sp³-hybridized carbons (Fsp3) is 0.0909. The highest BCUT2D eigenvalue weighted by molar-refractivity contribution is 6.51. The zero-order valence-corrected chi connectivity index (χ0v) is 16.7. The van der Waals surface area contributed by atoms with Crippen molar-refractivity contribution in [3.8, 4) is 5.75 Å². The topological polar surface area (TPSA) is 80.0 Å². The number of rotatable bonds is 4. The molecular weight excluding hydrogens is 432 g/mol. The molecule has 1 aliphatic rings. The summed E-state index contributed by atoms with van der Waals surface area (Å²) in [5.74, 6) is -4.25. The summed E-state index contributed by atoms with van der Waals surface area (Å²) < 4.78 is 38.4. The quantitative estimate of drug-likeness (QED) is 0.353. The molecule has 1 unspecified atom stereocenters. The largest absolute Gasteiger partial charge is 0.507 e. The first-order valence-corrected chi connectivity index (χ1v) is 9.34. The van der Waals surface area contributed by atoms with E-state index in [0.717, 1.165) is 17.0 Å². The Balaban J connectivity index is 1.94. The van der Waals surface area contributed by atoms with E-state index in [9.17, 15) is 23.5 Å². The second-order valence-corrected chi connectivity index (χ2v) is 7.04. The summed E-state index contributed by atoms with van der Waals surface area (Å²) in [6, 6.07) is 8.58. The predicted molar refractivity (Wildman–Crippen MR) is 108 cm³/mol. The first-order chi connectivity index (χ1) is 14.8. The van der Waals surface area contributed by atoms with Gasteiger partial charge in [0.25, 0.3) is 11.7 Å². The lowest BCUT2D eigenvalue weighted by molar-refractivity contribution is -0.132. The van der Waals surface area contributed by atoms with Crippen molar-refractivity contribution < 1.29 is 32.6 Å². The zero-order chi connectivity index (χ0) is 22.3. The summed E-state index contributed by atoms with van der Waals surface area (Å²) in [6.45, 7) is 0. The van der Waals surface area contributed by atoms with Crippen LogP contribution in [0.5, 0.6) is 5.75 Å². The Labute approximate surface area is 179 Å². The number of amides is 1. The highest BCUT2D eigenvalue weighted by Crippen LogP contribution is 2.43. The number of ketones is 1. The van der Waals surface area contributed by atoms with E-state index >= 15 is 0 Å². The van der Waals surface area contributed by atoms with Gasteiger partial charge in [0.1, 0.15) is 34.9 Å². The van der Waals surface area contributed by atoms with Crippen molar-refractivity contribution in [3.63, 3.8) is 0 Å². The summed E-state index contributed by atoms with van der Waals surface area (Å²) in [4.78, 5) is 26.6. The lowest BCUT2D eigenvalue weighted by Crippen LogP contribution is -2.30. The van der Waals surface area contributed by atoms with Gasteiger partial charge in [-0.2, -0.15) is 0 Å². The van der Waals surface area contributed by atoms with Crippen molar-refractivity contribution >= 4 is 34.7 Å². The maximum Gasteiger partial charge on any atom is 0.300 e. The molecule has 1 atom stereocenters. The zero-order valence-electron chi connectivity index (χ0n) is 15.9. The van der Waals surface area contributed by atoms with Crippen molar-refractivity contribution in [1.82, 2.24) is 0 Å². The molecule has 31 heavy (non-hydrogen) atoms. The highest BCUT2D eigenvalue weighted by atomic mass is 35.5. The molecule has 0 radical (unpaired) electrons. The number of carbonyl (C=O) groups is 2. The maximum atomic E-state index is 14.5. The molecule has 3 aromatic rings. The molecule has 1 fully saturated rings. The Morgan fingerprint density at radius 2 is 1.94 bits per heavy atom. The van der Waals surface area contributed by atoms with E-state index in [0.29, 0.717) is 6.07 Å². The number of methoxy groups -OCH3 is 1. The van der Waals surface area contributed by atoms with E-state index in [4.69, 9.17) is 20.8 Å². The van der Waals surface area contributed by atoms with Crippen molar-refractivity contribution in [1.29, 1.82) is 0 Å². The summed E-state index contributed by atoms with van der Waals surface area (Å²) in [6.07, 6.45) is 1.31. The van der Waals surface area contributed by atoms with Crippen LogP contribution in [0.1, 0.15) is 17.4 Å². The summed E-state index contributed by atoms with van der Waals surface area (Å²) >= 11 is 6.02. The molecule has 9 heteroatoms.